The second-order valence-electron chi connectivity index (χ2n) is 9.45. The highest BCUT2D eigenvalue weighted by Gasteiger charge is 2.33. The van der Waals surface area contributed by atoms with Crippen molar-refractivity contribution in [1.29, 1.82) is 0 Å². The third-order valence-electron chi connectivity index (χ3n) is 6.97. The van der Waals surface area contributed by atoms with Gasteiger partial charge in [-0.2, -0.15) is 10.2 Å². The fourth-order valence-electron chi connectivity index (χ4n) is 5.00. The number of hydrogen-bond acceptors (Lipinski definition) is 8. The van der Waals surface area contributed by atoms with E-state index in [9.17, 15) is 9.18 Å². The van der Waals surface area contributed by atoms with Crippen LogP contribution in [0.5, 0.6) is 0 Å². The molecule has 12 heteroatoms. The van der Waals surface area contributed by atoms with E-state index in [0.29, 0.717) is 41.1 Å². The summed E-state index contributed by atoms with van der Waals surface area (Å²) in [6, 6.07) is 4.03. The Bertz CT molecular complexity index is 1720. The van der Waals surface area contributed by atoms with Gasteiger partial charge in [-0.1, -0.05) is 13.0 Å². The fraction of sp³-hybridized carbons (Fsp3) is 0.385. The van der Waals surface area contributed by atoms with Gasteiger partial charge in [0.15, 0.2) is 5.65 Å². The predicted molar refractivity (Wildman–Crippen MR) is 140 cm³/mol. The van der Waals surface area contributed by atoms with Gasteiger partial charge in [-0.25, -0.2) is 28.7 Å². The maximum atomic E-state index is 14.7. The maximum absolute atomic E-state index is 14.7. The molecule has 4 heterocycles. The van der Waals surface area contributed by atoms with Crippen LogP contribution in [0.1, 0.15) is 64.2 Å². The molecule has 2 atom stereocenters. The predicted octanol–water partition coefficient (Wildman–Crippen LogP) is 4.01. The number of nitrogens with zero attached hydrogens (tertiary/aromatic N) is 8. The lowest BCUT2D eigenvalue weighted by atomic mass is 10.1. The van der Waals surface area contributed by atoms with E-state index < -0.39 is 11.9 Å². The summed E-state index contributed by atoms with van der Waals surface area (Å²) in [7, 11) is 0. The van der Waals surface area contributed by atoms with E-state index in [-0.39, 0.29) is 29.0 Å². The highest BCUT2D eigenvalue weighted by molar-refractivity contribution is 5.98. The van der Waals surface area contributed by atoms with E-state index in [1.807, 2.05) is 27.0 Å². The van der Waals surface area contributed by atoms with Gasteiger partial charge in [0.05, 0.1) is 17.1 Å². The van der Waals surface area contributed by atoms with Gasteiger partial charge >= 0.3 is 0 Å². The number of nitrogen functional groups attached to an aromatic ring is 1. The number of benzene rings is 1. The lowest BCUT2D eigenvalue weighted by Crippen LogP contribution is -2.29. The average Bonchev–Trinajstić information content (AvgIpc) is 3.47. The molecule has 2 unspecified atom stereocenters. The summed E-state index contributed by atoms with van der Waals surface area (Å²) < 4.78 is 25.4. The molecular weight excluding hydrogens is 489 g/mol. The molecule has 5 aromatic rings. The highest BCUT2D eigenvalue weighted by atomic mass is 19.1. The summed E-state index contributed by atoms with van der Waals surface area (Å²) in [6.07, 6.45) is 6.91. The molecule has 38 heavy (non-hydrogen) atoms. The van der Waals surface area contributed by atoms with Gasteiger partial charge in [0.1, 0.15) is 47.1 Å². The Morgan fingerprint density at radius 1 is 1.21 bits per heavy atom. The first-order chi connectivity index (χ1) is 18.4. The van der Waals surface area contributed by atoms with Gasteiger partial charge in [0.2, 0.25) is 0 Å². The van der Waals surface area contributed by atoms with Gasteiger partial charge in [-0.15, -0.1) is 0 Å². The standard InChI is InChI=1S/C26H28FN9O2/c1-4-19(24-32-18-8-6-7-17(27)20(18)26(37)35(24)16-9-10-16)36-25-21(23(28)29-13-30-25)22(33-36)15-11-31-34(12-15)14(3)38-5-2/h6-8,11-14,16,19H,4-5,9-10H2,1-3H3,(H2,28,29,30). The van der Waals surface area contributed by atoms with Gasteiger partial charge in [-0.05, 0) is 45.2 Å². The smallest absolute Gasteiger partial charge is 0.264 e. The first-order valence-corrected chi connectivity index (χ1v) is 12.8. The Kier molecular flexibility index (Phi) is 5.90. The Labute approximate surface area is 217 Å². The first kappa shape index (κ1) is 24.2. The van der Waals surface area contributed by atoms with E-state index in [0.717, 1.165) is 18.4 Å². The molecule has 1 saturated carbocycles. The fourth-order valence-corrected chi connectivity index (χ4v) is 5.00. The van der Waals surface area contributed by atoms with E-state index >= 15 is 0 Å². The molecule has 4 aromatic heterocycles. The number of rotatable bonds is 8. The zero-order valence-corrected chi connectivity index (χ0v) is 21.4. The van der Waals surface area contributed by atoms with Crippen molar-refractivity contribution in [1.82, 2.24) is 39.1 Å². The molecule has 1 aliphatic rings. The lowest BCUT2D eigenvalue weighted by molar-refractivity contribution is 0.0160. The van der Waals surface area contributed by atoms with E-state index in [2.05, 4.69) is 15.1 Å². The minimum absolute atomic E-state index is 0.00594. The molecule has 0 saturated heterocycles. The van der Waals surface area contributed by atoms with Crippen LogP contribution in [0.3, 0.4) is 0 Å². The van der Waals surface area contributed by atoms with E-state index in [1.165, 1.54) is 12.4 Å². The van der Waals surface area contributed by atoms with Gasteiger partial charge in [-0.3, -0.25) is 9.36 Å². The Hall–Kier alpha value is -4.19. The largest absolute Gasteiger partial charge is 0.383 e. The third-order valence-corrected chi connectivity index (χ3v) is 6.97. The average molecular weight is 518 g/mol. The van der Waals surface area contributed by atoms with Crippen LogP contribution in [0.2, 0.25) is 0 Å². The van der Waals surface area contributed by atoms with Crippen LogP contribution < -0.4 is 11.3 Å². The quantitative estimate of drug-likeness (QED) is 0.327. The summed E-state index contributed by atoms with van der Waals surface area (Å²) in [5.41, 5.74) is 8.09. The van der Waals surface area contributed by atoms with Crippen LogP contribution >= 0.6 is 0 Å². The van der Waals surface area contributed by atoms with Gasteiger partial charge in [0.25, 0.3) is 5.56 Å². The van der Waals surface area contributed by atoms with E-state index in [1.54, 1.807) is 32.3 Å². The molecule has 0 radical (unpaired) electrons. The molecule has 2 N–H and O–H groups in total. The monoisotopic (exact) mass is 517 g/mol. The molecule has 1 aliphatic carbocycles. The maximum Gasteiger partial charge on any atom is 0.264 e. The number of anilines is 1. The summed E-state index contributed by atoms with van der Waals surface area (Å²) >= 11 is 0. The second kappa shape index (κ2) is 9.28. The van der Waals surface area contributed by atoms with Gasteiger partial charge in [0, 0.05) is 24.4 Å². The van der Waals surface area contributed by atoms with E-state index in [4.69, 9.17) is 20.6 Å². The number of aromatic nitrogens is 8. The van der Waals surface area contributed by atoms with Crippen molar-refractivity contribution in [3.8, 4) is 11.3 Å². The van der Waals surface area contributed by atoms with Crippen LogP contribution in [0.15, 0.2) is 41.7 Å². The highest BCUT2D eigenvalue weighted by Crippen LogP contribution is 2.39. The zero-order chi connectivity index (χ0) is 26.6. The van der Waals surface area contributed by atoms with Crippen LogP contribution in [0, 0.1) is 5.82 Å². The number of hydrogen-bond donors (Lipinski definition) is 1. The topological polar surface area (TPSA) is 132 Å². The number of ether oxygens (including phenoxy) is 1. The second-order valence-corrected chi connectivity index (χ2v) is 9.45. The van der Waals surface area contributed by atoms with Crippen molar-refractivity contribution in [2.24, 2.45) is 0 Å². The number of nitrogens with two attached hydrogens (primary N) is 1. The summed E-state index contributed by atoms with van der Waals surface area (Å²) in [5.74, 6) is 0.233. The van der Waals surface area contributed by atoms with Crippen LogP contribution in [-0.4, -0.2) is 45.7 Å². The van der Waals surface area contributed by atoms with Crippen molar-refractivity contribution in [2.45, 2.75) is 58.3 Å². The molecule has 0 amide bonds. The zero-order valence-electron chi connectivity index (χ0n) is 21.4. The summed E-state index contributed by atoms with van der Waals surface area (Å²) in [4.78, 5) is 27.1. The first-order valence-electron chi connectivity index (χ1n) is 12.8. The van der Waals surface area contributed by atoms with Crippen LogP contribution in [0.25, 0.3) is 33.2 Å². The third kappa shape index (κ3) is 3.83. The summed E-state index contributed by atoms with van der Waals surface area (Å²) in [5, 5.41) is 9.98. The summed E-state index contributed by atoms with van der Waals surface area (Å²) in [6.45, 7) is 6.38. The molecule has 0 aliphatic heterocycles. The number of halogens is 1. The molecule has 11 nitrogen and oxygen atoms in total. The molecule has 6 rings (SSSR count). The minimum Gasteiger partial charge on any atom is -0.383 e. The van der Waals surface area contributed by atoms with Crippen LogP contribution in [0.4, 0.5) is 10.2 Å². The molecule has 0 bridgehead atoms. The molecule has 1 fully saturated rings. The Balaban J connectivity index is 1.57. The molecule has 0 spiro atoms. The molecular formula is C26H28FN9O2. The lowest BCUT2D eigenvalue weighted by Gasteiger charge is -2.21. The Morgan fingerprint density at radius 2 is 2.03 bits per heavy atom. The SMILES string of the molecule is CCOC(C)n1cc(-c2nn(C(CC)c3nc4cccc(F)c4c(=O)n3C3CC3)c3ncnc(N)c23)cn1. The number of fused-ring (bicyclic) bond motifs is 2. The van der Waals surface area contributed by atoms with Crippen molar-refractivity contribution in [3.63, 3.8) is 0 Å². The normalized spacial score (nSPS) is 15.4. The van der Waals surface area contributed by atoms with Crippen molar-refractivity contribution < 1.29 is 9.13 Å². The van der Waals surface area contributed by atoms with Crippen LogP contribution in [-0.2, 0) is 4.74 Å². The minimum atomic E-state index is -0.570. The molecule has 196 valence electrons. The van der Waals surface area contributed by atoms with Crippen molar-refractivity contribution in [3.05, 3.63) is 58.9 Å². The van der Waals surface area contributed by atoms with Crippen molar-refractivity contribution in [2.75, 3.05) is 12.3 Å². The van der Waals surface area contributed by atoms with Crippen molar-refractivity contribution >= 4 is 27.8 Å². The molecule has 1 aromatic carbocycles. The Morgan fingerprint density at radius 3 is 2.76 bits per heavy atom. The van der Waals surface area contributed by atoms with Gasteiger partial charge < -0.3 is 10.5 Å².